The molecule has 0 fully saturated rings. The molecule has 0 unspecified atom stereocenters. The SMILES string of the molecule is c1ccc(N(c2ccc(-c3nnc(-c4ccc5ncccc5c4)n3-c3ccccc3)cc2)c2ccc(-n3c4ccccc4c4ccccc43)cc2)cc1. The number of anilines is 3. The van der Waals surface area contributed by atoms with Crippen molar-refractivity contribution >= 4 is 49.8 Å². The van der Waals surface area contributed by atoms with Crippen LogP contribution in [0.25, 0.3) is 66.9 Å². The molecule has 0 radical (unpaired) electrons. The van der Waals surface area contributed by atoms with Crippen molar-refractivity contribution in [1.29, 1.82) is 0 Å². The maximum absolute atomic E-state index is 4.77. The van der Waals surface area contributed by atoms with Gasteiger partial charge >= 0.3 is 0 Å². The molecule has 6 heteroatoms. The lowest BCUT2D eigenvalue weighted by Gasteiger charge is -2.26. The second kappa shape index (κ2) is 12.8. The van der Waals surface area contributed by atoms with E-state index in [9.17, 15) is 0 Å². The number of fused-ring (bicyclic) bond motifs is 4. The van der Waals surface area contributed by atoms with E-state index in [4.69, 9.17) is 10.2 Å². The number of hydrogen-bond acceptors (Lipinski definition) is 4. The van der Waals surface area contributed by atoms with E-state index < -0.39 is 0 Å². The third-order valence-corrected chi connectivity index (χ3v) is 9.88. The largest absolute Gasteiger partial charge is 0.311 e. The highest BCUT2D eigenvalue weighted by Crippen LogP contribution is 2.38. The second-order valence-corrected chi connectivity index (χ2v) is 13.0. The number of benzene rings is 7. The normalized spacial score (nSPS) is 11.4. The lowest BCUT2D eigenvalue weighted by atomic mass is 10.1. The number of aromatic nitrogens is 5. The van der Waals surface area contributed by atoms with E-state index in [-0.39, 0.29) is 0 Å². The zero-order valence-electron chi connectivity index (χ0n) is 28.7. The first-order chi connectivity index (χ1) is 26.3. The van der Waals surface area contributed by atoms with Crippen LogP contribution in [0.2, 0.25) is 0 Å². The Kier molecular flexibility index (Phi) is 7.36. The number of para-hydroxylation sites is 4. The van der Waals surface area contributed by atoms with E-state index >= 15 is 0 Å². The lowest BCUT2D eigenvalue weighted by molar-refractivity contribution is 1.07. The van der Waals surface area contributed by atoms with E-state index in [1.807, 2.05) is 36.5 Å². The molecule has 0 amide bonds. The van der Waals surface area contributed by atoms with E-state index in [1.54, 1.807) is 0 Å². The Bertz CT molecular complexity index is 2820. The highest BCUT2D eigenvalue weighted by atomic mass is 15.3. The molecule has 0 spiro atoms. The van der Waals surface area contributed by atoms with Crippen LogP contribution in [0, 0.1) is 0 Å². The molecule has 0 bridgehead atoms. The standard InChI is InChI=1S/C47H32N6/c1-3-13-36(14-4-1)51(39-26-28-40(29-27-39)52-44-19-9-7-17-41(44)42-18-8-10-20-45(42)52)38-24-21-33(22-25-38)46-49-50-47(53(46)37-15-5-2-6-16-37)35-23-30-43-34(32-35)12-11-31-48-43/h1-32H. The molecule has 250 valence electrons. The van der Waals surface area contributed by atoms with Crippen molar-refractivity contribution in [3.8, 4) is 34.2 Å². The maximum atomic E-state index is 4.77. The number of rotatable bonds is 7. The van der Waals surface area contributed by atoms with Crippen LogP contribution in [0.5, 0.6) is 0 Å². The first-order valence-corrected chi connectivity index (χ1v) is 17.7. The second-order valence-electron chi connectivity index (χ2n) is 13.0. The van der Waals surface area contributed by atoms with Gasteiger partial charge in [-0.2, -0.15) is 0 Å². The van der Waals surface area contributed by atoms with Gasteiger partial charge < -0.3 is 9.47 Å². The fourth-order valence-corrected chi connectivity index (χ4v) is 7.43. The van der Waals surface area contributed by atoms with Gasteiger partial charge in [-0.3, -0.25) is 9.55 Å². The molecule has 53 heavy (non-hydrogen) atoms. The lowest BCUT2D eigenvalue weighted by Crippen LogP contribution is -2.10. The third-order valence-electron chi connectivity index (χ3n) is 9.88. The van der Waals surface area contributed by atoms with Crippen LogP contribution in [-0.2, 0) is 0 Å². The molecule has 0 atom stereocenters. The highest BCUT2D eigenvalue weighted by molar-refractivity contribution is 6.09. The minimum atomic E-state index is 0.769. The van der Waals surface area contributed by atoms with Gasteiger partial charge in [0, 0.05) is 61.9 Å². The van der Waals surface area contributed by atoms with Crippen molar-refractivity contribution in [3.05, 3.63) is 194 Å². The van der Waals surface area contributed by atoms with E-state index in [2.05, 4.69) is 177 Å². The monoisotopic (exact) mass is 680 g/mol. The summed E-state index contributed by atoms with van der Waals surface area (Å²) in [7, 11) is 0. The van der Waals surface area contributed by atoms with Crippen molar-refractivity contribution in [1.82, 2.24) is 24.3 Å². The fraction of sp³-hybridized carbons (Fsp3) is 0. The van der Waals surface area contributed by atoms with Gasteiger partial charge in [0.25, 0.3) is 0 Å². The summed E-state index contributed by atoms with van der Waals surface area (Å²) in [5, 5.41) is 13.1. The van der Waals surface area contributed by atoms with E-state index in [0.717, 1.165) is 62.1 Å². The molecule has 0 N–H and O–H groups in total. The predicted octanol–water partition coefficient (Wildman–Crippen LogP) is 11.7. The molecule has 7 aromatic carbocycles. The molecule has 0 aliphatic heterocycles. The molecule has 6 nitrogen and oxygen atoms in total. The summed E-state index contributed by atoms with van der Waals surface area (Å²) >= 11 is 0. The minimum absolute atomic E-state index is 0.769. The quantitative estimate of drug-likeness (QED) is 0.168. The number of hydrogen-bond donors (Lipinski definition) is 0. The molecule has 0 aliphatic rings. The van der Waals surface area contributed by atoms with Crippen LogP contribution in [0.3, 0.4) is 0 Å². The molecule has 3 heterocycles. The van der Waals surface area contributed by atoms with Gasteiger partial charge in [-0.05, 0) is 109 Å². The molecular formula is C47H32N6. The van der Waals surface area contributed by atoms with Gasteiger partial charge in [0.2, 0.25) is 0 Å². The Labute approximate surface area is 306 Å². The zero-order valence-corrected chi connectivity index (χ0v) is 28.7. The van der Waals surface area contributed by atoms with Gasteiger partial charge in [-0.25, -0.2) is 0 Å². The maximum Gasteiger partial charge on any atom is 0.168 e. The third kappa shape index (κ3) is 5.32. The Morgan fingerprint density at radius 2 is 0.925 bits per heavy atom. The topological polar surface area (TPSA) is 51.8 Å². The summed E-state index contributed by atoms with van der Waals surface area (Å²) in [6.45, 7) is 0. The average Bonchev–Trinajstić information content (AvgIpc) is 3.83. The van der Waals surface area contributed by atoms with Gasteiger partial charge in [0.1, 0.15) is 0 Å². The number of pyridine rings is 1. The van der Waals surface area contributed by atoms with Gasteiger partial charge in [-0.15, -0.1) is 10.2 Å². The van der Waals surface area contributed by atoms with Crippen LogP contribution in [0.1, 0.15) is 0 Å². The van der Waals surface area contributed by atoms with Gasteiger partial charge in [0.05, 0.1) is 16.6 Å². The summed E-state index contributed by atoms with van der Waals surface area (Å²) in [6.07, 6.45) is 1.82. The zero-order chi connectivity index (χ0) is 35.1. The fourth-order valence-electron chi connectivity index (χ4n) is 7.43. The highest BCUT2D eigenvalue weighted by Gasteiger charge is 2.19. The molecular weight excluding hydrogens is 649 g/mol. The summed E-state index contributed by atoms with van der Waals surface area (Å²) in [5.74, 6) is 1.54. The smallest absolute Gasteiger partial charge is 0.168 e. The van der Waals surface area contributed by atoms with E-state index in [1.165, 1.54) is 21.8 Å². The van der Waals surface area contributed by atoms with Crippen molar-refractivity contribution in [2.24, 2.45) is 0 Å². The Morgan fingerprint density at radius 1 is 0.396 bits per heavy atom. The van der Waals surface area contributed by atoms with Crippen LogP contribution in [0.4, 0.5) is 17.1 Å². The molecule has 0 saturated carbocycles. The molecule has 0 saturated heterocycles. The Morgan fingerprint density at radius 3 is 1.60 bits per heavy atom. The van der Waals surface area contributed by atoms with Gasteiger partial charge in [0.15, 0.2) is 11.6 Å². The Hall–Kier alpha value is -7.31. The molecule has 3 aromatic heterocycles. The van der Waals surface area contributed by atoms with Crippen LogP contribution >= 0.6 is 0 Å². The summed E-state index contributed by atoms with van der Waals surface area (Å²) in [4.78, 5) is 6.79. The van der Waals surface area contributed by atoms with Crippen LogP contribution < -0.4 is 4.90 Å². The average molecular weight is 681 g/mol. The van der Waals surface area contributed by atoms with Crippen molar-refractivity contribution in [3.63, 3.8) is 0 Å². The molecule has 0 aliphatic carbocycles. The minimum Gasteiger partial charge on any atom is -0.311 e. The Balaban J connectivity index is 1.05. The summed E-state index contributed by atoms with van der Waals surface area (Å²) < 4.78 is 4.48. The van der Waals surface area contributed by atoms with Crippen molar-refractivity contribution in [2.45, 2.75) is 0 Å². The predicted molar refractivity (Wildman–Crippen MR) is 217 cm³/mol. The van der Waals surface area contributed by atoms with Crippen LogP contribution in [-0.4, -0.2) is 24.3 Å². The molecule has 10 rings (SSSR count). The van der Waals surface area contributed by atoms with Gasteiger partial charge in [-0.1, -0.05) is 78.9 Å². The first kappa shape index (κ1) is 30.5. The first-order valence-electron chi connectivity index (χ1n) is 17.7. The molecule has 10 aromatic rings. The van der Waals surface area contributed by atoms with E-state index in [0.29, 0.717) is 0 Å². The summed E-state index contributed by atoms with van der Waals surface area (Å²) in [5.41, 5.74) is 10.6. The van der Waals surface area contributed by atoms with Crippen molar-refractivity contribution < 1.29 is 0 Å². The summed E-state index contributed by atoms with van der Waals surface area (Å²) in [6, 6.07) is 65.7. The van der Waals surface area contributed by atoms with Crippen molar-refractivity contribution in [2.75, 3.05) is 4.90 Å². The number of nitrogens with zero attached hydrogens (tertiary/aromatic N) is 6. The van der Waals surface area contributed by atoms with Crippen LogP contribution in [0.15, 0.2) is 194 Å².